The highest BCUT2D eigenvalue weighted by molar-refractivity contribution is 7.10. The predicted molar refractivity (Wildman–Crippen MR) is 102 cm³/mol. The fourth-order valence-electron chi connectivity index (χ4n) is 3.51. The Kier molecular flexibility index (Phi) is 5.23. The number of amides is 2. The second kappa shape index (κ2) is 7.40. The molecule has 1 fully saturated rings. The molecule has 1 saturated heterocycles. The van der Waals surface area contributed by atoms with Crippen LogP contribution >= 0.6 is 11.3 Å². The Morgan fingerprint density at radius 1 is 1.28 bits per heavy atom. The van der Waals surface area contributed by atoms with Gasteiger partial charge in [0.1, 0.15) is 6.04 Å². The Labute approximate surface area is 153 Å². The smallest absolute Gasteiger partial charge is 0.249 e. The van der Waals surface area contributed by atoms with Crippen molar-refractivity contribution in [2.75, 3.05) is 18.5 Å². The van der Waals surface area contributed by atoms with Gasteiger partial charge in [-0.2, -0.15) is 0 Å². The Morgan fingerprint density at radius 3 is 2.76 bits per heavy atom. The summed E-state index contributed by atoms with van der Waals surface area (Å²) >= 11 is 1.58. The summed E-state index contributed by atoms with van der Waals surface area (Å²) in [7, 11) is 1.81. The fourth-order valence-corrected chi connectivity index (χ4v) is 4.21. The summed E-state index contributed by atoms with van der Waals surface area (Å²) in [5.41, 5.74) is 3.16. The quantitative estimate of drug-likeness (QED) is 0.840. The molecule has 4 nitrogen and oxygen atoms in total. The zero-order chi connectivity index (χ0) is 18.0. The third-order valence-electron chi connectivity index (χ3n) is 4.81. The van der Waals surface area contributed by atoms with E-state index in [1.165, 1.54) is 5.56 Å². The molecule has 0 bridgehead atoms. The minimum atomic E-state index is -0.349. The maximum atomic E-state index is 13.0. The number of thiophene rings is 1. The first-order chi connectivity index (χ1) is 12.0. The average molecular weight is 356 g/mol. The highest BCUT2D eigenvalue weighted by atomic mass is 32.1. The van der Waals surface area contributed by atoms with Crippen molar-refractivity contribution in [3.8, 4) is 0 Å². The summed E-state index contributed by atoms with van der Waals surface area (Å²) in [6, 6.07) is 9.65. The van der Waals surface area contributed by atoms with Gasteiger partial charge in [0.15, 0.2) is 0 Å². The average Bonchev–Trinajstić information content (AvgIpc) is 3.24. The molecule has 0 saturated carbocycles. The van der Waals surface area contributed by atoms with Crippen molar-refractivity contribution < 1.29 is 9.59 Å². The highest BCUT2D eigenvalue weighted by Gasteiger charge is 2.36. The molecular weight excluding hydrogens is 332 g/mol. The molecule has 0 spiro atoms. The van der Waals surface area contributed by atoms with Gasteiger partial charge < -0.3 is 9.80 Å². The van der Waals surface area contributed by atoms with Crippen LogP contribution in [0.4, 0.5) is 5.69 Å². The summed E-state index contributed by atoms with van der Waals surface area (Å²) in [5, 5.41) is 1.98. The molecule has 1 atom stereocenters. The zero-order valence-electron chi connectivity index (χ0n) is 15.0. The molecule has 0 aliphatic carbocycles. The number of carbonyl (C=O) groups is 2. The van der Waals surface area contributed by atoms with E-state index in [9.17, 15) is 9.59 Å². The summed E-state index contributed by atoms with van der Waals surface area (Å²) in [5.74, 6) is 0.0521. The Morgan fingerprint density at radius 2 is 2.08 bits per heavy atom. The fraction of sp³-hybridized carbons (Fsp3) is 0.400. The standard InChI is InChI=1S/C20H24N2O2S/c1-14-8-9-17(15(2)12-14)21(3)20(24)18-7-4-10-22(18)19(23)13-16-6-5-11-25-16/h5-6,8-9,11-12,18H,4,7,10,13H2,1-3H3. The van der Waals surface area contributed by atoms with E-state index in [0.29, 0.717) is 13.0 Å². The molecule has 1 aromatic heterocycles. The van der Waals surface area contributed by atoms with Gasteiger partial charge in [-0.15, -0.1) is 11.3 Å². The van der Waals surface area contributed by atoms with E-state index in [-0.39, 0.29) is 17.9 Å². The molecule has 5 heteroatoms. The van der Waals surface area contributed by atoms with Crippen LogP contribution in [0.3, 0.4) is 0 Å². The molecule has 1 aliphatic rings. The highest BCUT2D eigenvalue weighted by Crippen LogP contribution is 2.26. The van der Waals surface area contributed by atoms with Gasteiger partial charge in [-0.1, -0.05) is 23.8 Å². The third kappa shape index (κ3) is 3.76. The molecule has 0 N–H and O–H groups in total. The lowest BCUT2D eigenvalue weighted by Crippen LogP contribution is -2.47. The zero-order valence-corrected chi connectivity index (χ0v) is 15.8. The Balaban J connectivity index is 1.74. The lowest BCUT2D eigenvalue weighted by atomic mass is 10.1. The normalized spacial score (nSPS) is 16.9. The van der Waals surface area contributed by atoms with Gasteiger partial charge in [0.2, 0.25) is 11.8 Å². The van der Waals surface area contributed by atoms with E-state index in [1.807, 2.05) is 43.5 Å². The second-order valence-corrected chi connectivity index (χ2v) is 7.72. The lowest BCUT2D eigenvalue weighted by Gasteiger charge is -2.29. The number of anilines is 1. The molecule has 2 heterocycles. The molecule has 1 aromatic carbocycles. The summed E-state index contributed by atoms with van der Waals surface area (Å²) in [4.78, 5) is 30.2. The van der Waals surface area contributed by atoms with Crippen LogP contribution in [0.5, 0.6) is 0 Å². The van der Waals surface area contributed by atoms with E-state index < -0.39 is 0 Å². The maximum absolute atomic E-state index is 13.0. The first-order valence-electron chi connectivity index (χ1n) is 8.64. The van der Waals surface area contributed by atoms with Crippen molar-refractivity contribution in [1.29, 1.82) is 0 Å². The number of nitrogens with zero attached hydrogens (tertiary/aromatic N) is 2. The Bertz CT molecular complexity index is 770. The minimum absolute atomic E-state index is 0.00369. The molecule has 2 aromatic rings. The number of benzene rings is 1. The van der Waals surface area contributed by atoms with Crippen LogP contribution in [0.25, 0.3) is 0 Å². The molecule has 25 heavy (non-hydrogen) atoms. The van der Waals surface area contributed by atoms with Gasteiger partial charge in [-0.3, -0.25) is 9.59 Å². The number of rotatable bonds is 4. The summed E-state index contributed by atoms with van der Waals surface area (Å²) in [6.07, 6.45) is 2.01. The second-order valence-electron chi connectivity index (χ2n) is 6.69. The SMILES string of the molecule is Cc1ccc(N(C)C(=O)C2CCCN2C(=O)Cc2cccs2)c(C)c1. The van der Waals surface area contributed by atoms with Crippen LogP contribution in [-0.4, -0.2) is 36.3 Å². The number of hydrogen-bond donors (Lipinski definition) is 0. The van der Waals surface area contributed by atoms with E-state index in [0.717, 1.165) is 29.0 Å². The first-order valence-corrected chi connectivity index (χ1v) is 9.52. The lowest BCUT2D eigenvalue weighted by molar-refractivity contribution is -0.136. The van der Waals surface area contributed by atoms with Crippen LogP contribution in [0.15, 0.2) is 35.7 Å². The van der Waals surface area contributed by atoms with Crippen molar-refractivity contribution >= 4 is 28.8 Å². The minimum Gasteiger partial charge on any atom is -0.330 e. The number of aryl methyl sites for hydroxylation is 2. The van der Waals surface area contributed by atoms with Crippen molar-refractivity contribution in [1.82, 2.24) is 4.90 Å². The molecule has 2 amide bonds. The van der Waals surface area contributed by atoms with E-state index >= 15 is 0 Å². The van der Waals surface area contributed by atoms with Crippen LogP contribution in [0.2, 0.25) is 0 Å². The van der Waals surface area contributed by atoms with Crippen molar-refractivity contribution in [2.45, 2.75) is 39.2 Å². The molecule has 3 rings (SSSR count). The van der Waals surface area contributed by atoms with E-state index in [4.69, 9.17) is 0 Å². The van der Waals surface area contributed by atoms with Gasteiger partial charge in [0.05, 0.1) is 6.42 Å². The van der Waals surface area contributed by atoms with Crippen molar-refractivity contribution in [2.24, 2.45) is 0 Å². The van der Waals surface area contributed by atoms with E-state index in [2.05, 4.69) is 6.07 Å². The first kappa shape index (κ1) is 17.7. The van der Waals surface area contributed by atoms with Crippen molar-refractivity contribution in [3.63, 3.8) is 0 Å². The number of hydrogen-bond acceptors (Lipinski definition) is 3. The molecule has 132 valence electrons. The van der Waals surface area contributed by atoms with Crippen LogP contribution in [-0.2, 0) is 16.0 Å². The van der Waals surface area contributed by atoms with Gasteiger partial charge in [-0.25, -0.2) is 0 Å². The predicted octanol–water partition coefficient (Wildman–Crippen LogP) is 3.56. The molecule has 1 unspecified atom stereocenters. The molecule has 0 radical (unpaired) electrons. The molecule has 1 aliphatic heterocycles. The maximum Gasteiger partial charge on any atom is 0.249 e. The third-order valence-corrected chi connectivity index (χ3v) is 5.68. The monoisotopic (exact) mass is 356 g/mol. The van der Waals surface area contributed by atoms with Crippen LogP contribution in [0.1, 0.15) is 28.8 Å². The van der Waals surface area contributed by atoms with Gasteiger partial charge in [0.25, 0.3) is 0 Å². The van der Waals surface area contributed by atoms with Crippen LogP contribution in [0, 0.1) is 13.8 Å². The van der Waals surface area contributed by atoms with E-state index in [1.54, 1.807) is 28.2 Å². The van der Waals surface area contributed by atoms with Crippen molar-refractivity contribution in [3.05, 3.63) is 51.7 Å². The Hall–Kier alpha value is -2.14. The number of likely N-dealkylation sites (tertiary alicyclic amines) is 1. The van der Waals surface area contributed by atoms with Gasteiger partial charge in [0, 0.05) is 24.2 Å². The number of likely N-dealkylation sites (N-methyl/N-ethyl adjacent to an activating group) is 1. The van der Waals surface area contributed by atoms with Gasteiger partial charge in [-0.05, 0) is 49.8 Å². The van der Waals surface area contributed by atoms with Gasteiger partial charge >= 0.3 is 0 Å². The summed E-state index contributed by atoms with van der Waals surface area (Å²) < 4.78 is 0. The largest absolute Gasteiger partial charge is 0.330 e. The summed E-state index contributed by atoms with van der Waals surface area (Å²) in [6.45, 7) is 4.72. The molecular formula is C20H24N2O2S. The topological polar surface area (TPSA) is 40.6 Å². The number of carbonyl (C=O) groups excluding carboxylic acids is 2. The van der Waals surface area contributed by atoms with Crippen LogP contribution < -0.4 is 4.90 Å².